The third-order valence-electron chi connectivity index (χ3n) is 3.06. The fraction of sp³-hybridized carbons (Fsp3) is 0.188. The van der Waals surface area contributed by atoms with Gasteiger partial charge in [-0.3, -0.25) is 4.79 Å². The molecule has 21 heavy (non-hydrogen) atoms. The van der Waals surface area contributed by atoms with E-state index in [-0.39, 0.29) is 12.1 Å². The predicted molar refractivity (Wildman–Crippen MR) is 76.7 cm³/mol. The number of ether oxygens (including phenoxy) is 1. The molecule has 0 spiro atoms. The van der Waals surface area contributed by atoms with Crippen molar-refractivity contribution in [2.75, 3.05) is 13.7 Å². The van der Waals surface area contributed by atoms with E-state index in [4.69, 9.17) is 4.74 Å². The lowest BCUT2D eigenvalue weighted by molar-refractivity contribution is 0.0912. The average Bonchev–Trinajstić information content (AvgIpc) is 2.52. The zero-order valence-corrected chi connectivity index (χ0v) is 11.5. The molecule has 0 radical (unpaired) electrons. The molecule has 5 heteroatoms. The number of benzene rings is 2. The molecular weight excluding hydrogens is 273 g/mol. The molecule has 1 unspecified atom stereocenters. The number of aliphatic hydroxyl groups is 1. The van der Waals surface area contributed by atoms with Gasteiger partial charge in [0.15, 0.2) is 0 Å². The molecule has 0 aliphatic carbocycles. The number of amides is 1. The van der Waals surface area contributed by atoms with E-state index in [1.54, 1.807) is 24.3 Å². The van der Waals surface area contributed by atoms with E-state index in [0.29, 0.717) is 11.3 Å². The van der Waals surface area contributed by atoms with Gasteiger partial charge in [-0.25, -0.2) is 4.39 Å². The van der Waals surface area contributed by atoms with E-state index >= 15 is 0 Å². The topological polar surface area (TPSA) is 58.6 Å². The van der Waals surface area contributed by atoms with Crippen LogP contribution in [-0.4, -0.2) is 24.7 Å². The van der Waals surface area contributed by atoms with Crippen molar-refractivity contribution in [2.45, 2.75) is 6.10 Å². The van der Waals surface area contributed by atoms with Crippen LogP contribution in [-0.2, 0) is 0 Å². The van der Waals surface area contributed by atoms with Gasteiger partial charge in [0, 0.05) is 12.6 Å². The highest BCUT2D eigenvalue weighted by Crippen LogP contribution is 2.16. The summed E-state index contributed by atoms with van der Waals surface area (Å²) < 4.78 is 18.6. The van der Waals surface area contributed by atoms with Crippen molar-refractivity contribution in [3.63, 3.8) is 0 Å². The van der Waals surface area contributed by atoms with Crippen molar-refractivity contribution in [2.24, 2.45) is 0 Å². The summed E-state index contributed by atoms with van der Waals surface area (Å²) in [7, 11) is 1.42. The van der Waals surface area contributed by atoms with E-state index in [9.17, 15) is 14.3 Å². The molecule has 2 aromatic carbocycles. The van der Waals surface area contributed by atoms with Crippen molar-refractivity contribution in [3.8, 4) is 5.75 Å². The van der Waals surface area contributed by atoms with Crippen LogP contribution in [0.1, 0.15) is 22.0 Å². The van der Waals surface area contributed by atoms with Gasteiger partial charge >= 0.3 is 0 Å². The lowest BCUT2D eigenvalue weighted by Gasteiger charge is -2.12. The van der Waals surface area contributed by atoms with Crippen molar-refractivity contribution in [1.29, 1.82) is 0 Å². The minimum atomic E-state index is -0.837. The quantitative estimate of drug-likeness (QED) is 0.888. The maximum Gasteiger partial charge on any atom is 0.254 e. The van der Waals surface area contributed by atoms with Crippen LogP contribution < -0.4 is 10.1 Å². The van der Waals surface area contributed by atoms with Gasteiger partial charge < -0.3 is 15.2 Å². The van der Waals surface area contributed by atoms with E-state index in [1.165, 1.54) is 19.2 Å². The van der Waals surface area contributed by atoms with E-state index < -0.39 is 17.8 Å². The Labute approximate surface area is 122 Å². The highest BCUT2D eigenvalue weighted by molar-refractivity contribution is 5.94. The molecule has 0 saturated carbocycles. The van der Waals surface area contributed by atoms with Gasteiger partial charge in [-0.1, -0.05) is 30.3 Å². The van der Waals surface area contributed by atoms with Crippen LogP contribution in [0.2, 0.25) is 0 Å². The molecule has 0 aromatic heterocycles. The Kier molecular flexibility index (Phi) is 4.90. The lowest BCUT2D eigenvalue weighted by atomic mass is 10.1. The number of rotatable bonds is 5. The van der Waals surface area contributed by atoms with E-state index in [1.807, 2.05) is 6.07 Å². The van der Waals surface area contributed by atoms with Crippen LogP contribution in [0.25, 0.3) is 0 Å². The number of nitrogens with one attached hydrogen (secondary N) is 1. The van der Waals surface area contributed by atoms with Crippen LogP contribution in [0.5, 0.6) is 5.75 Å². The van der Waals surface area contributed by atoms with Crippen molar-refractivity contribution < 1.29 is 19.0 Å². The normalized spacial score (nSPS) is 11.8. The molecule has 0 heterocycles. The molecule has 1 atom stereocenters. The first-order chi connectivity index (χ1) is 10.1. The molecule has 110 valence electrons. The molecule has 2 aromatic rings. The molecule has 0 saturated heterocycles. The van der Waals surface area contributed by atoms with Gasteiger partial charge in [-0.15, -0.1) is 0 Å². The maximum atomic E-state index is 13.7. The summed E-state index contributed by atoms with van der Waals surface area (Å²) in [6.45, 7) is 0.00825. The summed E-state index contributed by atoms with van der Waals surface area (Å²) in [5, 5.41) is 12.4. The van der Waals surface area contributed by atoms with Gasteiger partial charge in [0.1, 0.15) is 11.6 Å². The second kappa shape index (κ2) is 6.85. The van der Waals surface area contributed by atoms with Crippen LogP contribution in [0, 0.1) is 5.82 Å². The molecule has 0 aliphatic rings. The Morgan fingerprint density at radius 1 is 1.29 bits per heavy atom. The summed E-state index contributed by atoms with van der Waals surface area (Å²) in [6, 6.07) is 12.9. The third kappa shape index (κ3) is 3.79. The van der Waals surface area contributed by atoms with Crippen LogP contribution in [0.4, 0.5) is 4.39 Å². The second-order valence-corrected chi connectivity index (χ2v) is 4.48. The zero-order chi connectivity index (χ0) is 15.2. The molecule has 4 nitrogen and oxygen atoms in total. The Morgan fingerprint density at radius 2 is 2.00 bits per heavy atom. The SMILES string of the molecule is COc1ccc(C(=O)NCC(O)c2ccccc2)c(F)c1. The number of hydrogen-bond donors (Lipinski definition) is 2. The molecule has 1 amide bonds. The minimum absolute atomic E-state index is 0.00825. The fourth-order valence-electron chi connectivity index (χ4n) is 1.88. The monoisotopic (exact) mass is 289 g/mol. The number of hydrogen-bond acceptors (Lipinski definition) is 3. The summed E-state index contributed by atoms with van der Waals surface area (Å²) in [5.41, 5.74) is 0.601. The smallest absolute Gasteiger partial charge is 0.254 e. The first-order valence-corrected chi connectivity index (χ1v) is 6.46. The number of halogens is 1. The zero-order valence-electron chi connectivity index (χ0n) is 11.5. The van der Waals surface area contributed by atoms with Gasteiger partial charge in [0.25, 0.3) is 5.91 Å². The molecular formula is C16H16FNO3. The van der Waals surface area contributed by atoms with Crippen molar-refractivity contribution in [3.05, 3.63) is 65.5 Å². The van der Waals surface area contributed by atoms with E-state index in [0.717, 1.165) is 6.07 Å². The van der Waals surface area contributed by atoms with Crippen LogP contribution >= 0.6 is 0 Å². The van der Waals surface area contributed by atoms with Gasteiger partial charge in [-0.2, -0.15) is 0 Å². The van der Waals surface area contributed by atoms with Gasteiger partial charge in [-0.05, 0) is 17.7 Å². The summed E-state index contributed by atoms with van der Waals surface area (Å²) >= 11 is 0. The first-order valence-electron chi connectivity index (χ1n) is 6.46. The predicted octanol–water partition coefficient (Wildman–Crippen LogP) is 2.30. The van der Waals surface area contributed by atoms with Gasteiger partial charge in [0.05, 0.1) is 18.8 Å². The Morgan fingerprint density at radius 3 is 2.62 bits per heavy atom. The molecule has 0 fully saturated rings. The highest BCUT2D eigenvalue weighted by Gasteiger charge is 2.14. The average molecular weight is 289 g/mol. The fourth-order valence-corrected chi connectivity index (χ4v) is 1.88. The second-order valence-electron chi connectivity index (χ2n) is 4.48. The largest absolute Gasteiger partial charge is 0.497 e. The number of methoxy groups -OCH3 is 1. The van der Waals surface area contributed by atoms with Crippen LogP contribution in [0.3, 0.4) is 0 Å². The Bertz CT molecular complexity index is 616. The molecule has 2 N–H and O–H groups in total. The molecule has 0 aliphatic heterocycles. The number of carbonyl (C=O) groups is 1. The number of carbonyl (C=O) groups excluding carboxylic acids is 1. The summed E-state index contributed by atoms with van der Waals surface area (Å²) in [4.78, 5) is 11.9. The Hall–Kier alpha value is -2.40. The van der Waals surface area contributed by atoms with E-state index in [2.05, 4.69) is 5.32 Å². The standard InChI is InChI=1S/C16H16FNO3/c1-21-12-7-8-13(14(17)9-12)16(20)18-10-15(19)11-5-3-2-4-6-11/h2-9,15,19H,10H2,1H3,(H,18,20). The first kappa shape index (κ1) is 15.0. The molecule has 0 bridgehead atoms. The lowest BCUT2D eigenvalue weighted by Crippen LogP contribution is -2.29. The minimum Gasteiger partial charge on any atom is -0.497 e. The summed E-state index contributed by atoms with van der Waals surface area (Å²) in [5.74, 6) is -0.903. The third-order valence-corrected chi connectivity index (χ3v) is 3.06. The highest BCUT2D eigenvalue weighted by atomic mass is 19.1. The Balaban J connectivity index is 1.99. The van der Waals surface area contributed by atoms with Gasteiger partial charge in [0.2, 0.25) is 0 Å². The number of aliphatic hydroxyl groups excluding tert-OH is 1. The maximum absolute atomic E-state index is 13.7. The summed E-state index contributed by atoms with van der Waals surface area (Å²) in [6.07, 6.45) is -0.837. The van der Waals surface area contributed by atoms with Crippen molar-refractivity contribution >= 4 is 5.91 Å². The molecule has 2 rings (SSSR count). The van der Waals surface area contributed by atoms with Crippen LogP contribution in [0.15, 0.2) is 48.5 Å². The van der Waals surface area contributed by atoms with Crippen molar-refractivity contribution in [1.82, 2.24) is 5.32 Å².